The number of nitrogens with one attached hydrogen (secondary N) is 1. The van der Waals surface area contributed by atoms with Gasteiger partial charge >= 0.3 is 0 Å². The summed E-state index contributed by atoms with van der Waals surface area (Å²) in [5, 5.41) is 16.3. The molecule has 2 aliphatic carbocycles. The van der Waals surface area contributed by atoms with Crippen LogP contribution in [-0.4, -0.2) is 23.5 Å². The third-order valence-electron chi connectivity index (χ3n) is 4.71. The molecule has 0 heterocycles. The van der Waals surface area contributed by atoms with Crippen LogP contribution in [-0.2, 0) is 6.42 Å². The fraction of sp³-hybridized carbons (Fsp3) is 0.500. The monoisotopic (exact) mass is 284 g/mol. The Balaban J connectivity index is 1.52. The van der Waals surface area contributed by atoms with Gasteiger partial charge in [0, 0.05) is 6.04 Å². The first-order valence-corrected chi connectivity index (χ1v) is 8.06. The van der Waals surface area contributed by atoms with Gasteiger partial charge in [-0.15, -0.1) is 0 Å². The smallest absolute Gasteiger partial charge is 0.0827 e. The number of allylic oxidation sites excluding steroid dienone is 1. The van der Waals surface area contributed by atoms with Crippen LogP contribution in [0, 0.1) is 0 Å². The lowest BCUT2D eigenvalue weighted by Gasteiger charge is -2.31. The molecule has 0 saturated carbocycles. The Kier molecular flexibility index (Phi) is 4.71. The van der Waals surface area contributed by atoms with Crippen LogP contribution < -0.4 is 5.32 Å². The van der Waals surface area contributed by atoms with Crippen LogP contribution in [0.3, 0.4) is 0 Å². The summed E-state index contributed by atoms with van der Waals surface area (Å²) >= 11 is 0. The van der Waals surface area contributed by atoms with Crippen molar-refractivity contribution in [2.75, 3.05) is 6.54 Å². The van der Waals surface area contributed by atoms with E-state index >= 15 is 0 Å². The van der Waals surface area contributed by atoms with E-state index in [2.05, 4.69) is 40.8 Å². The largest absolute Gasteiger partial charge is 0.411 e. The number of oxime groups is 1. The Morgan fingerprint density at radius 2 is 2.00 bits per heavy atom. The summed E-state index contributed by atoms with van der Waals surface area (Å²) < 4.78 is 0. The Morgan fingerprint density at radius 3 is 2.81 bits per heavy atom. The van der Waals surface area contributed by atoms with Crippen LogP contribution in [0.2, 0.25) is 0 Å². The first kappa shape index (κ1) is 14.3. The van der Waals surface area contributed by atoms with Gasteiger partial charge < -0.3 is 10.5 Å². The van der Waals surface area contributed by atoms with E-state index in [-0.39, 0.29) is 0 Å². The molecule has 2 N–H and O–H groups in total. The minimum absolute atomic E-state index is 0.588. The van der Waals surface area contributed by atoms with Gasteiger partial charge in [-0.25, -0.2) is 0 Å². The topological polar surface area (TPSA) is 44.6 Å². The zero-order chi connectivity index (χ0) is 14.5. The minimum atomic E-state index is 0.588. The molecule has 1 aromatic rings. The molecule has 1 unspecified atom stereocenters. The quantitative estimate of drug-likeness (QED) is 0.654. The van der Waals surface area contributed by atoms with Gasteiger partial charge in [-0.3, -0.25) is 0 Å². The molecule has 3 nitrogen and oxygen atoms in total. The number of hydrogen-bond donors (Lipinski definition) is 2. The van der Waals surface area contributed by atoms with E-state index in [0.717, 1.165) is 50.8 Å². The average molecular weight is 284 g/mol. The fourth-order valence-electron chi connectivity index (χ4n) is 3.59. The van der Waals surface area contributed by atoms with Gasteiger partial charge in [0.2, 0.25) is 0 Å². The second-order valence-corrected chi connectivity index (χ2v) is 6.11. The first-order valence-electron chi connectivity index (χ1n) is 8.06. The second kappa shape index (κ2) is 6.90. The Bertz CT molecular complexity index is 533. The molecule has 0 spiro atoms. The molecule has 0 bridgehead atoms. The summed E-state index contributed by atoms with van der Waals surface area (Å²) in [6.07, 6.45) is 7.71. The van der Waals surface area contributed by atoms with Gasteiger partial charge in [0.05, 0.1) is 5.71 Å². The molecular formula is C18H24N2O. The van der Waals surface area contributed by atoms with Crippen molar-refractivity contribution in [2.45, 2.75) is 51.0 Å². The SMILES string of the molecule is O/N=C1\CCCC2=C1CCC(NCCc1ccccc1)C2. The number of rotatable bonds is 4. The maximum atomic E-state index is 9.10. The number of hydrogen-bond acceptors (Lipinski definition) is 3. The van der Waals surface area contributed by atoms with Crippen LogP contribution in [0.4, 0.5) is 0 Å². The summed E-state index contributed by atoms with van der Waals surface area (Å²) in [6.45, 7) is 1.04. The van der Waals surface area contributed by atoms with Gasteiger partial charge in [0.15, 0.2) is 0 Å². The molecule has 1 atom stereocenters. The highest BCUT2D eigenvalue weighted by Gasteiger charge is 2.26. The van der Waals surface area contributed by atoms with Crippen molar-refractivity contribution in [3.8, 4) is 0 Å². The van der Waals surface area contributed by atoms with E-state index in [1.54, 1.807) is 0 Å². The molecule has 0 aromatic heterocycles. The number of nitrogens with zero attached hydrogens (tertiary/aromatic N) is 1. The highest BCUT2D eigenvalue weighted by Crippen LogP contribution is 2.34. The summed E-state index contributed by atoms with van der Waals surface area (Å²) in [5.41, 5.74) is 5.22. The molecule has 0 saturated heterocycles. The van der Waals surface area contributed by atoms with Crippen LogP contribution in [0.15, 0.2) is 46.6 Å². The van der Waals surface area contributed by atoms with Crippen molar-refractivity contribution >= 4 is 5.71 Å². The summed E-state index contributed by atoms with van der Waals surface area (Å²) in [6, 6.07) is 11.2. The van der Waals surface area contributed by atoms with Crippen LogP contribution in [0.25, 0.3) is 0 Å². The molecule has 0 fully saturated rings. The Morgan fingerprint density at radius 1 is 1.14 bits per heavy atom. The normalized spacial score (nSPS) is 24.2. The highest BCUT2D eigenvalue weighted by atomic mass is 16.4. The molecule has 112 valence electrons. The molecule has 0 aliphatic heterocycles. The molecule has 21 heavy (non-hydrogen) atoms. The lowest BCUT2D eigenvalue weighted by Crippen LogP contribution is -2.35. The molecule has 3 rings (SSSR count). The Hall–Kier alpha value is -1.61. The summed E-state index contributed by atoms with van der Waals surface area (Å²) in [4.78, 5) is 0. The molecular weight excluding hydrogens is 260 g/mol. The van der Waals surface area contributed by atoms with Crippen molar-refractivity contribution in [1.82, 2.24) is 5.32 Å². The maximum Gasteiger partial charge on any atom is 0.0827 e. The van der Waals surface area contributed by atoms with Crippen molar-refractivity contribution in [2.24, 2.45) is 5.16 Å². The van der Waals surface area contributed by atoms with Crippen LogP contribution in [0.1, 0.15) is 44.1 Å². The van der Waals surface area contributed by atoms with Gasteiger partial charge in [-0.05, 0) is 62.6 Å². The van der Waals surface area contributed by atoms with Crippen molar-refractivity contribution in [3.05, 3.63) is 47.0 Å². The maximum absolute atomic E-state index is 9.10. The van der Waals surface area contributed by atoms with E-state index in [9.17, 15) is 0 Å². The molecule has 2 aliphatic rings. The predicted octanol–water partition coefficient (Wildman–Crippen LogP) is 3.68. The fourth-order valence-corrected chi connectivity index (χ4v) is 3.59. The van der Waals surface area contributed by atoms with Gasteiger partial charge in [-0.2, -0.15) is 0 Å². The molecule has 3 heteroatoms. The van der Waals surface area contributed by atoms with E-state index in [1.807, 2.05) is 0 Å². The molecule has 1 aromatic carbocycles. The lowest BCUT2D eigenvalue weighted by molar-refractivity contribution is 0.316. The average Bonchev–Trinajstić information content (AvgIpc) is 2.55. The van der Waals surface area contributed by atoms with Gasteiger partial charge in [0.25, 0.3) is 0 Å². The lowest BCUT2D eigenvalue weighted by atomic mass is 9.79. The third-order valence-corrected chi connectivity index (χ3v) is 4.71. The van der Waals surface area contributed by atoms with E-state index < -0.39 is 0 Å². The van der Waals surface area contributed by atoms with Gasteiger partial charge in [-0.1, -0.05) is 41.1 Å². The third kappa shape index (κ3) is 3.53. The standard InChI is InChI=1S/C18H24N2O/c21-20-18-8-4-7-15-13-16(9-10-17(15)18)19-12-11-14-5-2-1-3-6-14/h1-3,5-6,16,19,21H,4,7-13H2/b20-18+. The van der Waals surface area contributed by atoms with Crippen LogP contribution in [0.5, 0.6) is 0 Å². The predicted molar refractivity (Wildman–Crippen MR) is 85.9 cm³/mol. The van der Waals surface area contributed by atoms with Crippen molar-refractivity contribution in [3.63, 3.8) is 0 Å². The summed E-state index contributed by atoms with van der Waals surface area (Å²) in [5.74, 6) is 0. The zero-order valence-corrected chi connectivity index (χ0v) is 12.5. The van der Waals surface area contributed by atoms with Crippen molar-refractivity contribution in [1.29, 1.82) is 0 Å². The van der Waals surface area contributed by atoms with Crippen LogP contribution >= 0.6 is 0 Å². The zero-order valence-electron chi connectivity index (χ0n) is 12.5. The van der Waals surface area contributed by atoms with E-state index in [0.29, 0.717) is 6.04 Å². The van der Waals surface area contributed by atoms with Crippen molar-refractivity contribution < 1.29 is 5.21 Å². The minimum Gasteiger partial charge on any atom is -0.411 e. The highest BCUT2D eigenvalue weighted by molar-refractivity contribution is 6.01. The Labute approximate surface area is 126 Å². The van der Waals surface area contributed by atoms with E-state index in [4.69, 9.17) is 5.21 Å². The number of benzene rings is 1. The van der Waals surface area contributed by atoms with E-state index in [1.165, 1.54) is 23.1 Å². The second-order valence-electron chi connectivity index (χ2n) is 6.11. The van der Waals surface area contributed by atoms with Gasteiger partial charge in [0.1, 0.15) is 0 Å². The molecule has 0 radical (unpaired) electrons. The first-order chi connectivity index (χ1) is 10.4. The molecule has 0 amide bonds. The summed E-state index contributed by atoms with van der Waals surface area (Å²) in [7, 11) is 0.